The van der Waals surface area contributed by atoms with Crippen molar-refractivity contribution in [2.45, 2.75) is 46.1 Å². The SMILES string of the molecule is COCCCC(=O)NC(C)(C)C(C)(C)C(=O)O. The number of carboxylic acid groups (broad SMARTS) is 1. The quantitative estimate of drug-likeness (QED) is 0.665. The molecule has 0 heterocycles. The Kier molecular flexibility index (Phi) is 5.61. The third-order valence-corrected chi connectivity index (χ3v) is 3.30. The fraction of sp³-hybridized carbons (Fsp3) is 0.833. The molecule has 0 aliphatic heterocycles. The predicted octanol–water partition coefficient (Wildman–Crippen LogP) is 1.42. The molecular formula is C12H23NO4. The first kappa shape index (κ1) is 15.9. The first-order chi connectivity index (χ1) is 7.65. The fourth-order valence-electron chi connectivity index (χ4n) is 1.21. The van der Waals surface area contributed by atoms with Gasteiger partial charge in [0.05, 0.1) is 5.41 Å². The Balaban J connectivity index is 4.44. The number of methoxy groups -OCH3 is 1. The van der Waals surface area contributed by atoms with Crippen LogP contribution in [0.15, 0.2) is 0 Å². The van der Waals surface area contributed by atoms with Crippen molar-refractivity contribution in [1.29, 1.82) is 0 Å². The van der Waals surface area contributed by atoms with Crippen LogP contribution in [0.1, 0.15) is 40.5 Å². The summed E-state index contributed by atoms with van der Waals surface area (Å²) in [6, 6.07) is 0. The molecule has 0 atom stereocenters. The van der Waals surface area contributed by atoms with E-state index in [4.69, 9.17) is 9.84 Å². The second-order valence-corrected chi connectivity index (χ2v) is 5.20. The van der Waals surface area contributed by atoms with Crippen LogP contribution in [0.4, 0.5) is 0 Å². The minimum Gasteiger partial charge on any atom is -0.481 e. The maximum atomic E-state index is 11.6. The minimum atomic E-state index is -1.02. The Labute approximate surface area is 103 Å². The standard InChI is InChI=1S/C12H23NO4/c1-11(2,10(15)16)12(3,4)13-9(14)7-6-8-17-5/h6-8H2,1-5H3,(H,13,14)(H,15,16). The maximum Gasteiger partial charge on any atom is 0.311 e. The summed E-state index contributed by atoms with van der Waals surface area (Å²) in [5.74, 6) is -1.08. The number of ether oxygens (including phenoxy) is 1. The van der Waals surface area contributed by atoms with Crippen LogP contribution >= 0.6 is 0 Å². The molecule has 0 fully saturated rings. The number of hydrogen-bond donors (Lipinski definition) is 2. The van der Waals surface area contributed by atoms with E-state index in [-0.39, 0.29) is 5.91 Å². The second kappa shape index (κ2) is 6.00. The third-order valence-electron chi connectivity index (χ3n) is 3.30. The number of nitrogens with one attached hydrogen (secondary N) is 1. The Hall–Kier alpha value is -1.10. The Bertz CT molecular complexity index is 284. The highest BCUT2D eigenvalue weighted by Gasteiger charge is 2.44. The van der Waals surface area contributed by atoms with Gasteiger partial charge in [0.1, 0.15) is 0 Å². The van der Waals surface area contributed by atoms with Crippen LogP contribution in [0.5, 0.6) is 0 Å². The lowest BCUT2D eigenvalue weighted by atomic mass is 9.74. The van der Waals surface area contributed by atoms with Crippen LogP contribution in [-0.4, -0.2) is 36.2 Å². The number of carbonyl (C=O) groups is 2. The van der Waals surface area contributed by atoms with Gasteiger partial charge in [0, 0.05) is 25.7 Å². The van der Waals surface area contributed by atoms with Gasteiger partial charge in [-0.25, -0.2) is 0 Å². The van der Waals surface area contributed by atoms with Crippen molar-refractivity contribution in [3.8, 4) is 0 Å². The number of rotatable bonds is 7. The molecule has 0 unspecified atom stereocenters. The highest BCUT2D eigenvalue weighted by Crippen LogP contribution is 2.30. The van der Waals surface area contributed by atoms with Crippen LogP contribution in [0.3, 0.4) is 0 Å². The van der Waals surface area contributed by atoms with Gasteiger partial charge in [-0.15, -0.1) is 0 Å². The molecule has 0 aromatic rings. The summed E-state index contributed by atoms with van der Waals surface area (Å²) in [5.41, 5.74) is -1.83. The second-order valence-electron chi connectivity index (χ2n) is 5.20. The van der Waals surface area contributed by atoms with Crippen LogP contribution in [0, 0.1) is 5.41 Å². The lowest BCUT2D eigenvalue weighted by molar-refractivity contribution is -0.151. The number of hydrogen-bond acceptors (Lipinski definition) is 3. The average Bonchev–Trinajstić information content (AvgIpc) is 2.16. The molecule has 5 nitrogen and oxygen atoms in total. The van der Waals surface area contributed by atoms with E-state index in [0.717, 1.165) is 0 Å². The molecule has 0 bridgehead atoms. The van der Waals surface area contributed by atoms with Crippen LogP contribution in [0.25, 0.3) is 0 Å². The van der Waals surface area contributed by atoms with E-state index in [1.807, 2.05) is 0 Å². The number of aliphatic carboxylic acids is 1. The van der Waals surface area contributed by atoms with Gasteiger partial charge in [0.15, 0.2) is 0 Å². The van der Waals surface area contributed by atoms with Crippen LogP contribution < -0.4 is 5.32 Å². The molecule has 0 rings (SSSR count). The number of carbonyl (C=O) groups excluding carboxylic acids is 1. The molecule has 0 aliphatic rings. The monoisotopic (exact) mass is 245 g/mol. The Morgan fingerprint density at radius 3 is 2.18 bits per heavy atom. The van der Waals surface area contributed by atoms with Crippen molar-refractivity contribution < 1.29 is 19.4 Å². The van der Waals surface area contributed by atoms with E-state index < -0.39 is 16.9 Å². The smallest absolute Gasteiger partial charge is 0.311 e. The molecule has 5 heteroatoms. The van der Waals surface area contributed by atoms with Crippen molar-refractivity contribution in [3.05, 3.63) is 0 Å². The molecule has 0 spiro atoms. The Morgan fingerprint density at radius 1 is 1.24 bits per heavy atom. The van der Waals surface area contributed by atoms with E-state index >= 15 is 0 Å². The highest BCUT2D eigenvalue weighted by molar-refractivity contribution is 5.80. The molecular weight excluding hydrogens is 222 g/mol. The van der Waals surface area contributed by atoms with Crippen molar-refractivity contribution in [3.63, 3.8) is 0 Å². The van der Waals surface area contributed by atoms with Crippen molar-refractivity contribution in [1.82, 2.24) is 5.32 Å². The molecule has 0 saturated heterocycles. The largest absolute Gasteiger partial charge is 0.481 e. The van der Waals surface area contributed by atoms with Gasteiger partial charge in [0.25, 0.3) is 0 Å². The van der Waals surface area contributed by atoms with Gasteiger partial charge in [-0.1, -0.05) is 0 Å². The summed E-state index contributed by atoms with van der Waals surface area (Å²) in [4.78, 5) is 22.8. The van der Waals surface area contributed by atoms with Gasteiger partial charge in [0.2, 0.25) is 5.91 Å². The summed E-state index contributed by atoms with van der Waals surface area (Å²) in [5, 5.41) is 11.9. The molecule has 100 valence electrons. The lowest BCUT2D eigenvalue weighted by Gasteiger charge is -2.38. The molecule has 0 aromatic carbocycles. The Morgan fingerprint density at radius 2 is 1.76 bits per heavy atom. The molecule has 1 amide bonds. The zero-order valence-corrected chi connectivity index (χ0v) is 11.3. The lowest BCUT2D eigenvalue weighted by Crippen LogP contribution is -2.56. The van der Waals surface area contributed by atoms with E-state index in [1.54, 1.807) is 34.8 Å². The van der Waals surface area contributed by atoms with Gasteiger partial charge in [-0.3, -0.25) is 9.59 Å². The minimum absolute atomic E-state index is 0.152. The van der Waals surface area contributed by atoms with Crippen molar-refractivity contribution in [2.75, 3.05) is 13.7 Å². The topological polar surface area (TPSA) is 75.6 Å². The zero-order valence-electron chi connectivity index (χ0n) is 11.3. The van der Waals surface area contributed by atoms with E-state index in [2.05, 4.69) is 5.32 Å². The maximum absolute atomic E-state index is 11.6. The van der Waals surface area contributed by atoms with E-state index in [1.165, 1.54) is 0 Å². The van der Waals surface area contributed by atoms with Gasteiger partial charge < -0.3 is 15.2 Å². The summed E-state index contributed by atoms with van der Waals surface area (Å²) in [6.07, 6.45) is 0.971. The molecule has 0 radical (unpaired) electrons. The number of carboxylic acids is 1. The summed E-state index contributed by atoms with van der Waals surface area (Å²) in [7, 11) is 1.58. The van der Waals surface area contributed by atoms with Gasteiger partial charge >= 0.3 is 5.97 Å². The van der Waals surface area contributed by atoms with E-state index in [9.17, 15) is 9.59 Å². The molecule has 0 aromatic heterocycles. The van der Waals surface area contributed by atoms with Gasteiger partial charge in [-0.2, -0.15) is 0 Å². The van der Waals surface area contributed by atoms with Crippen LogP contribution in [0.2, 0.25) is 0 Å². The number of amides is 1. The first-order valence-corrected chi connectivity index (χ1v) is 5.68. The summed E-state index contributed by atoms with van der Waals surface area (Å²) >= 11 is 0. The molecule has 0 aliphatic carbocycles. The average molecular weight is 245 g/mol. The predicted molar refractivity (Wildman–Crippen MR) is 64.7 cm³/mol. The molecule has 2 N–H and O–H groups in total. The van der Waals surface area contributed by atoms with Crippen LogP contribution in [-0.2, 0) is 14.3 Å². The highest BCUT2D eigenvalue weighted by atomic mass is 16.5. The first-order valence-electron chi connectivity index (χ1n) is 5.68. The van der Waals surface area contributed by atoms with Gasteiger partial charge in [-0.05, 0) is 34.1 Å². The fourth-order valence-corrected chi connectivity index (χ4v) is 1.21. The van der Waals surface area contributed by atoms with Crippen molar-refractivity contribution >= 4 is 11.9 Å². The normalized spacial score (nSPS) is 12.3. The van der Waals surface area contributed by atoms with E-state index in [0.29, 0.717) is 19.4 Å². The molecule has 0 saturated carbocycles. The third kappa shape index (κ3) is 4.34. The summed E-state index contributed by atoms with van der Waals surface area (Å²) < 4.78 is 4.85. The molecule has 17 heavy (non-hydrogen) atoms. The summed E-state index contributed by atoms with van der Waals surface area (Å²) in [6.45, 7) is 7.16. The van der Waals surface area contributed by atoms with Crippen molar-refractivity contribution in [2.24, 2.45) is 5.41 Å². The zero-order chi connectivity index (χ0) is 13.7.